The molecule has 66 valence electrons. The Morgan fingerprint density at radius 2 is 1.69 bits per heavy atom. The zero-order chi connectivity index (χ0) is 9.42. The van der Waals surface area contributed by atoms with E-state index >= 15 is 0 Å². The summed E-state index contributed by atoms with van der Waals surface area (Å²) in [5, 5.41) is 0. The van der Waals surface area contributed by atoms with Gasteiger partial charge in [0.1, 0.15) is 5.52 Å². The summed E-state index contributed by atoms with van der Waals surface area (Å²) < 4.78 is 0. The Hall–Kier alpha value is -1.51. The number of hydrogen-bond acceptors (Lipinski definition) is 3. The molecule has 0 radical (unpaired) electrons. The van der Waals surface area contributed by atoms with Crippen LogP contribution in [-0.4, -0.2) is 15.0 Å². The van der Waals surface area contributed by atoms with E-state index < -0.39 is 0 Å². The molecule has 0 aliphatic rings. The fraction of sp³-hybridized carbons (Fsp3) is 0.300. The summed E-state index contributed by atoms with van der Waals surface area (Å²) in [5.41, 5.74) is 4.68. The standard InChI is InChI=1S/C10H11N3/c1-6-4-7(2)12-10-9(6)11-5-8(3)13-10/h4-5H,1-3H3. The zero-order valence-corrected chi connectivity index (χ0v) is 8.00. The van der Waals surface area contributed by atoms with Crippen molar-refractivity contribution in [2.45, 2.75) is 20.8 Å². The van der Waals surface area contributed by atoms with Crippen LogP contribution in [0.4, 0.5) is 0 Å². The first-order valence-corrected chi connectivity index (χ1v) is 4.24. The Bertz CT molecular complexity index is 458. The minimum Gasteiger partial charge on any atom is -0.251 e. The Morgan fingerprint density at radius 3 is 2.46 bits per heavy atom. The third-order valence-electron chi connectivity index (χ3n) is 1.96. The van der Waals surface area contributed by atoms with Crippen molar-refractivity contribution >= 4 is 11.2 Å². The quantitative estimate of drug-likeness (QED) is 0.611. The van der Waals surface area contributed by atoms with Crippen LogP contribution < -0.4 is 0 Å². The van der Waals surface area contributed by atoms with Crippen LogP contribution in [0.2, 0.25) is 0 Å². The third kappa shape index (κ3) is 1.37. The van der Waals surface area contributed by atoms with E-state index in [0.717, 1.165) is 28.1 Å². The lowest BCUT2D eigenvalue weighted by molar-refractivity contribution is 1.11. The van der Waals surface area contributed by atoms with Gasteiger partial charge >= 0.3 is 0 Å². The molecule has 0 unspecified atom stereocenters. The SMILES string of the molecule is Cc1cnc2c(C)cc(C)nc2n1. The molecule has 0 spiro atoms. The van der Waals surface area contributed by atoms with Crippen molar-refractivity contribution in [3.8, 4) is 0 Å². The number of aryl methyl sites for hydroxylation is 3. The molecule has 0 atom stereocenters. The molecule has 0 aromatic carbocycles. The normalized spacial score (nSPS) is 10.7. The highest BCUT2D eigenvalue weighted by Gasteiger charge is 2.02. The molecule has 0 N–H and O–H groups in total. The van der Waals surface area contributed by atoms with Crippen LogP contribution in [0.25, 0.3) is 11.2 Å². The molecule has 2 aromatic heterocycles. The Labute approximate surface area is 76.9 Å². The maximum absolute atomic E-state index is 4.32. The van der Waals surface area contributed by atoms with Crippen molar-refractivity contribution in [3.05, 3.63) is 29.2 Å². The smallest absolute Gasteiger partial charge is 0.178 e. The average molecular weight is 173 g/mol. The van der Waals surface area contributed by atoms with Crippen LogP contribution in [0.1, 0.15) is 17.0 Å². The largest absolute Gasteiger partial charge is 0.251 e. The molecule has 0 saturated carbocycles. The molecule has 2 rings (SSSR count). The predicted molar refractivity (Wildman–Crippen MR) is 51.5 cm³/mol. The highest BCUT2D eigenvalue weighted by molar-refractivity contribution is 5.73. The summed E-state index contributed by atoms with van der Waals surface area (Å²) in [5.74, 6) is 0. The number of fused-ring (bicyclic) bond motifs is 1. The maximum Gasteiger partial charge on any atom is 0.178 e. The molecule has 0 aliphatic carbocycles. The summed E-state index contributed by atoms with van der Waals surface area (Å²) >= 11 is 0. The van der Waals surface area contributed by atoms with Gasteiger partial charge in [-0.1, -0.05) is 0 Å². The van der Waals surface area contributed by atoms with Crippen molar-refractivity contribution in [1.29, 1.82) is 0 Å². The van der Waals surface area contributed by atoms with Gasteiger partial charge in [0.15, 0.2) is 5.65 Å². The van der Waals surface area contributed by atoms with Gasteiger partial charge in [0.2, 0.25) is 0 Å². The second-order valence-corrected chi connectivity index (χ2v) is 3.26. The number of aromatic nitrogens is 3. The van der Waals surface area contributed by atoms with E-state index in [4.69, 9.17) is 0 Å². The van der Waals surface area contributed by atoms with Gasteiger partial charge in [0, 0.05) is 11.9 Å². The second kappa shape index (κ2) is 2.76. The molecule has 0 aliphatic heterocycles. The van der Waals surface area contributed by atoms with Crippen LogP contribution in [0.5, 0.6) is 0 Å². The van der Waals surface area contributed by atoms with Crippen molar-refractivity contribution in [2.24, 2.45) is 0 Å². The number of nitrogens with zero attached hydrogens (tertiary/aromatic N) is 3. The van der Waals surface area contributed by atoms with Crippen LogP contribution in [0.15, 0.2) is 12.3 Å². The zero-order valence-electron chi connectivity index (χ0n) is 8.00. The molecule has 2 heterocycles. The van der Waals surface area contributed by atoms with Crippen molar-refractivity contribution in [1.82, 2.24) is 15.0 Å². The van der Waals surface area contributed by atoms with E-state index in [1.54, 1.807) is 6.20 Å². The van der Waals surface area contributed by atoms with Gasteiger partial charge in [-0.25, -0.2) is 9.97 Å². The lowest BCUT2D eigenvalue weighted by atomic mass is 10.2. The molecule has 2 aromatic rings. The van der Waals surface area contributed by atoms with Gasteiger partial charge in [-0.15, -0.1) is 0 Å². The van der Waals surface area contributed by atoms with E-state index in [2.05, 4.69) is 15.0 Å². The Morgan fingerprint density at radius 1 is 1.00 bits per heavy atom. The fourth-order valence-corrected chi connectivity index (χ4v) is 1.40. The third-order valence-corrected chi connectivity index (χ3v) is 1.96. The minimum absolute atomic E-state index is 0.748. The molecular formula is C10H11N3. The fourth-order valence-electron chi connectivity index (χ4n) is 1.40. The number of pyridine rings is 1. The molecule has 0 bridgehead atoms. The first kappa shape index (κ1) is 8.10. The van der Waals surface area contributed by atoms with Crippen molar-refractivity contribution < 1.29 is 0 Å². The van der Waals surface area contributed by atoms with Gasteiger partial charge in [-0.3, -0.25) is 4.98 Å². The molecule has 0 amide bonds. The molecule has 3 heteroatoms. The van der Waals surface area contributed by atoms with Crippen LogP contribution in [0.3, 0.4) is 0 Å². The van der Waals surface area contributed by atoms with E-state index in [1.165, 1.54) is 0 Å². The summed E-state index contributed by atoms with van der Waals surface area (Å²) in [6, 6.07) is 2.02. The van der Waals surface area contributed by atoms with Crippen LogP contribution >= 0.6 is 0 Å². The van der Waals surface area contributed by atoms with Gasteiger partial charge in [0.25, 0.3) is 0 Å². The molecule has 13 heavy (non-hydrogen) atoms. The monoisotopic (exact) mass is 173 g/mol. The van der Waals surface area contributed by atoms with E-state index in [1.807, 2.05) is 26.8 Å². The minimum atomic E-state index is 0.748. The van der Waals surface area contributed by atoms with Crippen molar-refractivity contribution in [2.75, 3.05) is 0 Å². The lowest BCUT2D eigenvalue weighted by Crippen LogP contribution is -1.94. The van der Waals surface area contributed by atoms with E-state index in [9.17, 15) is 0 Å². The van der Waals surface area contributed by atoms with Gasteiger partial charge < -0.3 is 0 Å². The molecular weight excluding hydrogens is 162 g/mol. The predicted octanol–water partition coefficient (Wildman–Crippen LogP) is 1.95. The van der Waals surface area contributed by atoms with E-state index in [-0.39, 0.29) is 0 Å². The lowest BCUT2D eigenvalue weighted by Gasteiger charge is -2.01. The topological polar surface area (TPSA) is 38.7 Å². The van der Waals surface area contributed by atoms with Crippen LogP contribution in [0, 0.1) is 20.8 Å². The summed E-state index contributed by atoms with van der Waals surface area (Å²) in [6.07, 6.45) is 1.77. The first-order chi connectivity index (χ1) is 6.16. The Balaban J connectivity index is 2.86. The van der Waals surface area contributed by atoms with Crippen molar-refractivity contribution in [3.63, 3.8) is 0 Å². The highest BCUT2D eigenvalue weighted by atomic mass is 14.9. The summed E-state index contributed by atoms with van der Waals surface area (Å²) in [4.78, 5) is 12.9. The average Bonchev–Trinajstić information content (AvgIpc) is 2.02. The Kier molecular flexibility index (Phi) is 1.72. The molecule has 0 saturated heterocycles. The number of rotatable bonds is 0. The van der Waals surface area contributed by atoms with Crippen LogP contribution in [-0.2, 0) is 0 Å². The molecule has 3 nitrogen and oxygen atoms in total. The summed E-state index contributed by atoms with van der Waals surface area (Å²) in [6.45, 7) is 5.92. The number of hydrogen-bond donors (Lipinski definition) is 0. The maximum atomic E-state index is 4.32. The van der Waals surface area contributed by atoms with Gasteiger partial charge in [0.05, 0.1) is 5.69 Å². The second-order valence-electron chi connectivity index (χ2n) is 3.26. The van der Waals surface area contributed by atoms with Gasteiger partial charge in [-0.05, 0) is 32.4 Å². The summed E-state index contributed by atoms with van der Waals surface area (Å²) in [7, 11) is 0. The molecule has 0 fully saturated rings. The highest BCUT2D eigenvalue weighted by Crippen LogP contribution is 2.12. The van der Waals surface area contributed by atoms with E-state index in [0.29, 0.717) is 0 Å². The van der Waals surface area contributed by atoms with Gasteiger partial charge in [-0.2, -0.15) is 0 Å². The first-order valence-electron chi connectivity index (χ1n) is 4.24.